The van der Waals surface area contributed by atoms with E-state index in [9.17, 15) is 4.79 Å². The summed E-state index contributed by atoms with van der Waals surface area (Å²) in [4.78, 5) is 15.2. The van der Waals surface area contributed by atoms with Crippen LogP contribution in [0.2, 0.25) is 10.0 Å². The smallest absolute Gasteiger partial charge is 0.254 e. The van der Waals surface area contributed by atoms with Gasteiger partial charge in [-0.2, -0.15) is 0 Å². The van der Waals surface area contributed by atoms with Gasteiger partial charge >= 0.3 is 0 Å². The number of hydrogen-bond donors (Lipinski definition) is 0. The van der Waals surface area contributed by atoms with E-state index in [2.05, 4.69) is 54.9 Å². The standard InChI is InChI=1S/C25H28Cl2N2O/c1-3-4-5-11-29(25(30)21-14-22(26)16-23(27)15-21)18-24-10-7-12-28(24)17-20-9-6-8-19(2)13-20/h6-10,12-16H,3-5,11,17-18H2,1-2H3. The van der Waals surface area contributed by atoms with Gasteiger partial charge in [0.05, 0.1) is 6.54 Å². The molecule has 0 radical (unpaired) electrons. The summed E-state index contributed by atoms with van der Waals surface area (Å²) in [6.45, 7) is 6.29. The summed E-state index contributed by atoms with van der Waals surface area (Å²) in [5.74, 6) is -0.0428. The van der Waals surface area contributed by atoms with Crippen molar-refractivity contribution in [3.63, 3.8) is 0 Å². The van der Waals surface area contributed by atoms with E-state index in [4.69, 9.17) is 23.2 Å². The fourth-order valence-corrected chi connectivity index (χ4v) is 4.14. The number of nitrogens with zero attached hydrogens (tertiary/aromatic N) is 2. The average molecular weight is 443 g/mol. The summed E-state index contributed by atoms with van der Waals surface area (Å²) in [6.07, 6.45) is 5.23. The number of aromatic nitrogens is 1. The molecule has 30 heavy (non-hydrogen) atoms. The number of unbranched alkanes of at least 4 members (excludes halogenated alkanes) is 2. The van der Waals surface area contributed by atoms with E-state index in [-0.39, 0.29) is 5.91 Å². The van der Waals surface area contributed by atoms with Crippen LogP contribution in [0.15, 0.2) is 60.8 Å². The molecule has 0 spiro atoms. The lowest BCUT2D eigenvalue weighted by Crippen LogP contribution is -2.32. The number of hydrogen-bond acceptors (Lipinski definition) is 1. The number of halogens is 2. The second-order valence-electron chi connectivity index (χ2n) is 7.71. The maximum Gasteiger partial charge on any atom is 0.254 e. The van der Waals surface area contributed by atoms with Crippen molar-refractivity contribution in [2.45, 2.75) is 46.2 Å². The SMILES string of the molecule is CCCCCN(Cc1cccn1Cc1cccc(C)c1)C(=O)c1cc(Cl)cc(Cl)c1. The molecule has 0 saturated heterocycles. The topological polar surface area (TPSA) is 25.2 Å². The van der Waals surface area contributed by atoms with Gasteiger partial charge in [-0.25, -0.2) is 0 Å². The Morgan fingerprint density at radius 3 is 2.47 bits per heavy atom. The van der Waals surface area contributed by atoms with Crippen molar-refractivity contribution in [2.75, 3.05) is 6.54 Å². The third kappa shape index (κ3) is 6.13. The number of rotatable bonds is 9. The molecule has 0 unspecified atom stereocenters. The zero-order valence-corrected chi connectivity index (χ0v) is 19.1. The minimum Gasteiger partial charge on any atom is -0.345 e. The van der Waals surface area contributed by atoms with Crippen LogP contribution in [-0.2, 0) is 13.1 Å². The highest BCUT2D eigenvalue weighted by molar-refractivity contribution is 6.35. The van der Waals surface area contributed by atoms with Gasteiger partial charge in [0.1, 0.15) is 0 Å². The lowest BCUT2D eigenvalue weighted by atomic mass is 10.1. The molecule has 0 atom stereocenters. The van der Waals surface area contributed by atoms with Gasteiger partial charge in [0.25, 0.3) is 5.91 Å². The second kappa shape index (κ2) is 10.7. The normalized spacial score (nSPS) is 10.9. The third-order valence-electron chi connectivity index (χ3n) is 5.14. The van der Waals surface area contributed by atoms with E-state index in [1.165, 1.54) is 11.1 Å². The molecular weight excluding hydrogens is 415 g/mol. The molecule has 3 rings (SSSR count). The van der Waals surface area contributed by atoms with Gasteiger partial charge in [0.2, 0.25) is 0 Å². The van der Waals surface area contributed by atoms with E-state index in [1.54, 1.807) is 18.2 Å². The summed E-state index contributed by atoms with van der Waals surface area (Å²) < 4.78 is 2.21. The van der Waals surface area contributed by atoms with E-state index in [0.29, 0.717) is 28.7 Å². The van der Waals surface area contributed by atoms with Crippen LogP contribution in [0.1, 0.15) is 53.4 Å². The van der Waals surface area contributed by atoms with Crippen LogP contribution in [0.4, 0.5) is 0 Å². The first-order valence-corrected chi connectivity index (χ1v) is 11.2. The molecule has 0 aliphatic heterocycles. The number of amides is 1. The van der Waals surface area contributed by atoms with Crippen LogP contribution in [0.3, 0.4) is 0 Å². The average Bonchev–Trinajstić information content (AvgIpc) is 3.12. The Kier molecular flexibility index (Phi) is 8.01. The van der Waals surface area contributed by atoms with Crippen LogP contribution in [-0.4, -0.2) is 21.9 Å². The highest BCUT2D eigenvalue weighted by Gasteiger charge is 2.18. The molecule has 0 aliphatic rings. The molecule has 1 aromatic heterocycles. The Morgan fingerprint density at radius 2 is 1.77 bits per heavy atom. The lowest BCUT2D eigenvalue weighted by Gasteiger charge is -2.24. The third-order valence-corrected chi connectivity index (χ3v) is 5.58. The van der Waals surface area contributed by atoms with Gasteiger partial charge in [0.15, 0.2) is 0 Å². The quantitative estimate of drug-likeness (QED) is 0.328. The van der Waals surface area contributed by atoms with Crippen molar-refractivity contribution in [3.05, 3.63) is 93.2 Å². The summed E-state index contributed by atoms with van der Waals surface area (Å²) in [6, 6.07) is 17.7. The van der Waals surface area contributed by atoms with Crippen molar-refractivity contribution >= 4 is 29.1 Å². The van der Waals surface area contributed by atoms with Gasteiger partial charge in [-0.1, -0.05) is 72.8 Å². The maximum absolute atomic E-state index is 13.3. The fraction of sp³-hybridized carbons (Fsp3) is 0.320. The summed E-state index contributed by atoms with van der Waals surface area (Å²) in [5.41, 5.74) is 4.13. The van der Waals surface area contributed by atoms with E-state index in [0.717, 1.165) is 31.5 Å². The molecule has 3 nitrogen and oxygen atoms in total. The largest absolute Gasteiger partial charge is 0.345 e. The first-order valence-electron chi connectivity index (χ1n) is 10.4. The number of aryl methyl sites for hydroxylation is 1. The lowest BCUT2D eigenvalue weighted by molar-refractivity contribution is 0.0736. The van der Waals surface area contributed by atoms with Gasteiger partial charge in [-0.15, -0.1) is 0 Å². The zero-order valence-electron chi connectivity index (χ0n) is 17.6. The highest BCUT2D eigenvalue weighted by atomic mass is 35.5. The molecule has 5 heteroatoms. The Morgan fingerprint density at radius 1 is 1.00 bits per heavy atom. The van der Waals surface area contributed by atoms with E-state index < -0.39 is 0 Å². The first kappa shape index (κ1) is 22.5. The summed E-state index contributed by atoms with van der Waals surface area (Å²) in [5, 5.41) is 0.948. The highest BCUT2D eigenvalue weighted by Crippen LogP contribution is 2.22. The minimum absolute atomic E-state index is 0.0428. The molecule has 0 bridgehead atoms. The molecular formula is C25H28Cl2N2O. The molecule has 0 aliphatic carbocycles. The molecule has 1 amide bonds. The van der Waals surface area contributed by atoms with Crippen LogP contribution < -0.4 is 0 Å². The fourth-order valence-electron chi connectivity index (χ4n) is 3.61. The van der Waals surface area contributed by atoms with Crippen LogP contribution in [0.25, 0.3) is 0 Å². The molecule has 2 aromatic carbocycles. The van der Waals surface area contributed by atoms with Crippen LogP contribution in [0.5, 0.6) is 0 Å². The maximum atomic E-state index is 13.3. The predicted molar refractivity (Wildman–Crippen MR) is 125 cm³/mol. The van der Waals surface area contributed by atoms with Crippen LogP contribution >= 0.6 is 23.2 Å². The number of carbonyl (C=O) groups is 1. The molecule has 158 valence electrons. The van der Waals surface area contributed by atoms with Gasteiger partial charge in [-0.05, 0) is 49.2 Å². The van der Waals surface area contributed by atoms with Crippen molar-refractivity contribution < 1.29 is 4.79 Å². The summed E-state index contributed by atoms with van der Waals surface area (Å²) >= 11 is 12.3. The molecule has 3 aromatic rings. The van der Waals surface area contributed by atoms with Gasteiger partial charge < -0.3 is 9.47 Å². The van der Waals surface area contributed by atoms with Crippen molar-refractivity contribution in [2.24, 2.45) is 0 Å². The number of benzene rings is 2. The monoisotopic (exact) mass is 442 g/mol. The second-order valence-corrected chi connectivity index (χ2v) is 8.58. The molecule has 0 N–H and O–H groups in total. The van der Waals surface area contributed by atoms with Crippen LogP contribution in [0, 0.1) is 6.92 Å². The van der Waals surface area contributed by atoms with E-state index >= 15 is 0 Å². The zero-order chi connectivity index (χ0) is 21.5. The Labute approximate surface area is 189 Å². The Balaban J connectivity index is 1.81. The van der Waals surface area contributed by atoms with Crippen molar-refractivity contribution in [1.29, 1.82) is 0 Å². The van der Waals surface area contributed by atoms with Crippen molar-refractivity contribution in [1.82, 2.24) is 9.47 Å². The summed E-state index contributed by atoms with van der Waals surface area (Å²) in [7, 11) is 0. The predicted octanol–water partition coefficient (Wildman–Crippen LogP) is 6.98. The molecule has 0 saturated carbocycles. The van der Waals surface area contributed by atoms with Gasteiger partial charge in [-0.3, -0.25) is 4.79 Å². The Bertz CT molecular complexity index is 976. The van der Waals surface area contributed by atoms with E-state index in [1.807, 2.05) is 11.0 Å². The molecule has 0 fully saturated rings. The number of carbonyl (C=O) groups excluding carboxylic acids is 1. The van der Waals surface area contributed by atoms with Crippen molar-refractivity contribution in [3.8, 4) is 0 Å². The minimum atomic E-state index is -0.0428. The van der Waals surface area contributed by atoms with Gasteiger partial charge in [0, 0.05) is 40.6 Å². The molecule has 1 heterocycles. The first-order chi connectivity index (χ1) is 14.5. The Hall–Kier alpha value is -2.23.